The molecular weight excluding hydrogens is 278 g/mol. The highest BCUT2D eigenvalue weighted by Crippen LogP contribution is 2.30. The number of hydrogen-bond acceptors (Lipinski definition) is 4. The third kappa shape index (κ3) is 2.64. The van der Waals surface area contributed by atoms with E-state index in [-0.39, 0.29) is 18.4 Å². The van der Waals surface area contributed by atoms with E-state index >= 15 is 0 Å². The van der Waals surface area contributed by atoms with Crippen LogP contribution < -0.4 is 15.5 Å². The van der Waals surface area contributed by atoms with Gasteiger partial charge in [-0.1, -0.05) is 17.7 Å². The Morgan fingerprint density at radius 2 is 2.10 bits per heavy atom. The number of nitrogens with one attached hydrogen (secondary N) is 2. The van der Waals surface area contributed by atoms with Crippen molar-refractivity contribution in [3.05, 3.63) is 28.8 Å². The lowest BCUT2D eigenvalue weighted by atomic mass is 9.97. The second kappa shape index (κ2) is 5.42. The molecule has 1 aromatic carbocycles. The summed E-state index contributed by atoms with van der Waals surface area (Å²) in [6.45, 7) is 4.37. The highest BCUT2D eigenvalue weighted by atomic mass is 35.5. The van der Waals surface area contributed by atoms with E-state index in [0.29, 0.717) is 11.6 Å². The number of benzene rings is 1. The Hall–Kier alpha value is -1.59. The second-order valence-electron chi connectivity index (χ2n) is 5.33. The average Bonchev–Trinajstić information content (AvgIpc) is 2.37. The van der Waals surface area contributed by atoms with Crippen LogP contribution in [0.3, 0.4) is 0 Å². The summed E-state index contributed by atoms with van der Waals surface area (Å²) in [5.74, 6) is -0.603. The van der Waals surface area contributed by atoms with Crippen molar-refractivity contribution in [2.45, 2.75) is 25.9 Å². The van der Waals surface area contributed by atoms with Crippen LogP contribution in [0.15, 0.2) is 18.2 Å². The number of amides is 2. The van der Waals surface area contributed by atoms with E-state index in [0.717, 1.165) is 11.3 Å². The molecule has 1 heterocycles. The van der Waals surface area contributed by atoms with Crippen molar-refractivity contribution in [3.63, 3.8) is 0 Å². The number of nitrogens with zero attached hydrogens (tertiary/aromatic N) is 1. The first-order valence-corrected chi connectivity index (χ1v) is 6.79. The molecule has 1 aromatic rings. The van der Waals surface area contributed by atoms with Crippen LogP contribution in [0.1, 0.15) is 19.4 Å². The SMILES string of the molecule is CNCc1ccc(N2CC(=O)NC(=O)C2(C)C)cc1Cl. The molecule has 1 fully saturated rings. The summed E-state index contributed by atoms with van der Waals surface area (Å²) in [6.07, 6.45) is 0. The maximum atomic E-state index is 11.9. The van der Waals surface area contributed by atoms with Crippen LogP contribution in [0.2, 0.25) is 5.02 Å². The minimum atomic E-state index is -0.790. The highest BCUT2D eigenvalue weighted by Gasteiger charge is 2.41. The van der Waals surface area contributed by atoms with Crippen molar-refractivity contribution in [1.82, 2.24) is 10.6 Å². The lowest BCUT2D eigenvalue weighted by Gasteiger charge is -2.41. The number of hydrogen-bond donors (Lipinski definition) is 2. The Morgan fingerprint density at radius 1 is 1.40 bits per heavy atom. The Morgan fingerprint density at radius 3 is 2.70 bits per heavy atom. The van der Waals surface area contributed by atoms with Crippen LogP contribution in [0.25, 0.3) is 0 Å². The second-order valence-corrected chi connectivity index (χ2v) is 5.74. The standard InChI is InChI=1S/C14H18ClN3O2/c1-14(2)13(20)17-12(19)8-18(14)10-5-4-9(7-16-3)11(15)6-10/h4-6,16H,7-8H2,1-3H3,(H,17,19,20). The predicted octanol–water partition coefficient (Wildman–Crippen LogP) is 1.30. The van der Waals surface area contributed by atoms with E-state index in [1.165, 1.54) is 0 Å². The minimum absolute atomic E-state index is 0.139. The number of carbonyl (C=O) groups excluding carboxylic acids is 2. The van der Waals surface area contributed by atoms with Crippen molar-refractivity contribution in [1.29, 1.82) is 0 Å². The van der Waals surface area contributed by atoms with Gasteiger partial charge in [-0.25, -0.2) is 0 Å². The number of anilines is 1. The Labute approximate surface area is 123 Å². The molecule has 2 amide bonds. The molecule has 0 radical (unpaired) electrons. The quantitative estimate of drug-likeness (QED) is 0.825. The fourth-order valence-corrected chi connectivity index (χ4v) is 2.48. The van der Waals surface area contributed by atoms with E-state index in [9.17, 15) is 9.59 Å². The van der Waals surface area contributed by atoms with Gasteiger partial charge in [-0.2, -0.15) is 0 Å². The van der Waals surface area contributed by atoms with Crippen LogP contribution >= 0.6 is 11.6 Å². The van der Waals surface area contributed by atoms with Crippen molar-refractivity contribution in [2.75, 3.05) is 18.5 Å². The van der Waals surface area contributed by atoms with Crippen molar-refractivity contribution in [2.24, 2.45) is 0 Å². The molecule has 1 saturated heterocycles. The van der Waals surface area contributed by atoms with Crippen LogP contribution in [-0.4, -0.2) is 30.9 Å². The molecule has 1 aliphatic rings. The van der Waals surface area contributed by atoms with Crippen LogP contribution in [-0.2, 0) is 16.1 Å². The fourth-order valence-electron chi connectivity index (χ4n) is 2.23. The van der Waals surface area contributed by atoms with E-state index in [1.54, 1.807) is 24.8 Å². The van der Waals surface area contributed by atoms with Gasteiger partial charge in [-0.3, -0.25) is 14.9 Å². The Bertz CT molecular complexity index is 557. The first-order valence-electron chi connectivity index (χ1n) is 6.41. The smallest absolute Gasteiger partial charge is 0.251 e. The molecule has 1 aliphatic heterocycles. The van der Waals surface area contributed by atoms with E-state index in [2.05, 4.69) is 10.6 Å². The summed E-state index contributed by atoms with van der Waals surface area (Å²) in [5, 5.41) is 6.01. The van der Waals surface area contributed by atoms with Gasteiger partial charge in [-0.05, 0) is 38.6 Å². The van der Waals surface area contributed by atoms with Gasteiger partial charge in [0, 0.05) is 17.3 Å². The number of imide groups is 1. The molecule has 0 bridgehead atoms. The molecule has 108 valence electrons. The van der Waals surface area contributed by atoms with Gasteiger partial charge >= 0.3 is 0 Å². The molecule has 0 atom stereocenters. The third-order valence-corrected chi connectivity index (χ3v) is 3.85. The zero-order valence-electron chi connectivity index (χ0n) is 11.8. The summed E-state index contributed by atoms with van der Waals surface area (Å²) in [7, 11) is 1.85. The van der Waals surface area contributed by atoms with Gasteiger partial charge in [0.25, 0.3) is 5.91 Å². The zero-order chi connectivity index (χ0) is 14.9. The summed E-state index contributed by atoms with van der Waals surface area (Å²) in [6, 6.07) is 5.58. The lowest BCUT2D eigenvalue weighted by molar-refractivity contribution is -0.135. The molecule has 20 heavy (non-hydrogen) atoms. The van der Waals surface area contributed by atoms with Gasteiger partial charge in [-0.15, -0.1) is 0 Å². The molecule has 0 unspecified atom stereocenters. The van der Waals surface area contributed by atoms with Crippen LogP contribution in [0.5, 0.6) is 0 Å². The Kier molecular flexibility index (Phi) is 4.01. The summed E-state index contributed by atoms with van der Waals surface area (Å²) >= 11 is 6.24. The highest BCUT2D eigenvalue weighted by molar-refractivity contribution is 6.31. The normalized spacial score (nSPS) is 18.1. The lowest BCUT2D eigenvalue weighted by Crippen LogP contribution is -2.64. The van der Waals surface area contributed by atoms with Gasteiger partial charge in [0.1, 0.15) is 5.54 Å². The maximum Gasteiger partial charge on any atom is 0.251 e. The molecule has 0 aromatic heterocycles. The monoisotopic (exact) mass is 295 g/mol. The molecule has 2 N–H and O–H groups in total. The predicted molar refractivity (Wildman–Crippen MR) is 78.8 cm³/mol. The average molecular weight is 296 g/mol. The van der Waals surface area contributed by atoms with Crippen LogP contribution in [0.4, 0.5) is 5.69 Å². The fraction of sp³-hybridized carbons (Fsp3) is 0.429. The zero-order valence-corrected chi connectivity index (χ0v) is 12.5. The Balaban J connectivity index is 2.36. The van der Waals surface area contributed by atoms with Gasteiger partial charge in [0.15, 0.2) is 0 Å². The largest absolute Gasteiger partial charge is 0.348 e. The number of rotatable bonds is 3. The van der Waals surface area contributed by atoms with E-state index < -0.39 is 5.54 Å². The molecular formula is C14H18ClN3O2. The maximum absolute atomic E-state index is 11.9. The van der Waals surface area contributed by atoms with E-state index in [4.69, 9.17) is 11.6 Å². The number of piperazine rings is 1. The summed E-state index contributed by atoms with van der Waals surface area (Å²) in [5.41, 5.74) is 0.952. The minimum Gasteiger partial charge on any atom is -0.348 e. The molecule has 0 aliphatic carbocycles. The first kappa shape index (κ1) is 14.8. The molecule has 0 spiro atoms. The van der Waals surface area contributed by atoms with E-state index in [1.807, 2.05) is 19.2 Å². The summed E-state index contributed by atoms with van der Waals surface area (Å²) in [4.78, 5) is 25.3. The van der Waals surface area contributed by atoms with Gasteiger partial charge < -0.3 is 10.2 Å². The van der Waals surface area contributed by atoms with Crippen molar-refractivity contribution >= 4 is 29.1 Å². The van der Waals surface area contributed by atoms with Gasteiger partial charge in [0.05, 0.1) is 6.54 Å². The van der Waals surface area contributed by atoms with Gasteiger partial charge in [0.2, 0.25) is 5.91 Å². The van der Waals surface area contributed by atoms with Crippen molar-refractivity contribution in [3.8, 4) is 0 Å². The molecule has 6 heteroatoms. The van der Waals surface area contributed by atoms with Crippen LogP contribution in [0, 0.1) is 0 Å². The topological polar surface area (TPSA) is 61.4 Å². The third-order valence-electron chi connectivity index (χ3n) is 3.50. The van der Waals surface area contributed by atoms with Crippen molar-refractivity contribution < 1.29 is 9.59 Å². The molecule has 2 rings (SSSR count). The number of halogens is 1. The molecule has 5 nitrogen and oxygen atoms in total. The summed E-state index contributed by atoms with van der Waals surface area (Å²) < 4.78 is 0. The molecule has 0 saturated carbocycles. The number of carbonyl (C=O) groups is 2. The first-order chi connectivity index (χ1) is 9.36.